The van der Waals surface area contributed by atoms with E-state index in [-0.39, 0.29) is 12.1 Å². The third-order valence-electron chi connectivity index (χ3n) is 5.02. The van der Waals surface area contributed by atoms with E-state index in [1.54, 1.807) is 6.92 Å². The molecule has 136 valence electrons. The number of hydrogen-bond acceptors (Lipinski definition) is 5. The summed E-state index contributed by atoms with van der Waals surface area (Å²) in [7, 11) is -5.80. The molecule has 1 fully saturated rings. The van der Waals surface area contributed by atoms with Crippen molar-refractivity contribution in [2.45, 2.75) is 64.2 Å². The van der Waals surface area contributed by atoms with Gasteiger partial charge in [0.05, 0.1) is 17.7 Å². The van der Waals surface area contributed by atoms with Crippen LogP contribution in [-0.2, 0) is 26.1 Å². The first-order valence-electron chi connectivity index (χ1n) is 7.76. The number of nitrogens with zero attached hydrogens (tertiary/aromatic N) is 3. The van der Waals surface area contributed by atoms with E-state index in [2.05, 4.69) is 10.0 Å². The Bertz CT molecular complexity index is 848. The van der Waals surface area contributed by atoms with Gasteiger partial charge in [-0.3, -0.25) is 0 Å². The van der Waals surface area contributed by atoms with Gasteiger partial charge in [0.2, 0.25) is 0 Å². The van der Waals surface area contributed by atoms with Crippen LogP contribution in [0.1, 0.15) is 44.4 Å². The highest BCUT2D eigenvalue weighted by atomic mass is 32.3. The number of rotatable bonds is 4. The molecule has 1 saturated heterocycles. The molecule has 0 bridgehead atoms. The molecular formula is C15H21BFN3O4S. The summed E-state index contributed by atoms with van der Waals surface area (Å²) in [6.07, 6.45) is 0. The number of hydrogen-bond donors (Lipinski definition) is 0. The highest BCUT2D eigenvalue weighted by Crippen LogP contribution is 2.37. The third kappa shape index (κ3) is 3.53. The van der Waals surface area contributed by atoms with E-state index in [9.17, 15) is 12.3 Å². The zero-order valence-corrected chi connectivity index (χ0v) is 15.9. The Balaban J connectivity index is 2.71. The first-order chi connectivity index (χ1) is 11.3. The molecule has 2 rings (SSSR count). The molecule has 1 aliphatic rings. The van der Waals surface area contributed by atoms with Gasteiger partial charge in [-0.05, 0) is 75.3 Å². The molecule has 0 amide bonds. The Hall–Kier alpha value is -1.61. The molecule has 0 aliphatic carbocycles. The molecule has 0 atom stereocenters. The summed E-state index contributed by atoms with van der Waals surface area (Å²) in [4.78, 5) is 2.21. The molecule has 7 nitrogen and oxygen atoms in total. The van der Waals surface area contributed by atoms with Gasteiger partial charge in [-0.1, -0.05) is 5.11 Å². The average Bonchev–Trinajstić information content (AvgIpc) is 2.65. The minimum atomic E-state index is -4.95. The minimum Gasteiger partial charge on any atom is -0.399 e. The van der Waals surface area contributed by atoms with Crippen molar-refractivity contribution in [1.82, 2.24) is 0 Å². The van der Waals surface area contributed by atoms with Gasteiger partial charge in [-0.15, -0.1) is 3.89 Å². The molecule has 0 N–H and O–H groups in total. The standard InChI is InChI=1S/C15H21BFN3O4S/c1-9-11(8-19-20-18)7-12(25(17,21)22)10(2)13(9)16-23-14(3,4)15(5,6)24-16/h7H,8H2,1-6H3. The lowest BCUT2D eigenvalue weighted by Crippen LogP contribution is -2.41. The van der Waals surface area contributed by atoms with Crippen LogP contribution in [0.4, 0.5) is 3.89 Å². The van der Waals surface area contributed by atoms with Crippen molar-refractivity contribution in [3.8, 4) is 0 Å². The fraction of sp³-hybridized carbons (Fsp3) is 0.600. The molecule has 1 aliphatic heterocycles. The van der Waals surface area contributed by atoms with Crippen molar-refractivity contribution in [3.05, 3.63) is 33.2 Å². The van der Waals surface area contributed by atoms with Crippen LogP contribution in [0.25, 0.3) is 10.4 Å². The second-order valence-electron chi connectivity index (χ2n) is 7.11. The van der Waals surface area contributed by atoms with Gasteiger partial charge in [0, 0.05) is 4.91 Å². The van der Waals surface area contributed by atoms with Crippen molar-refractivity contribution in [2.24, 2.45) is 5.11 Å². The smallest absolute Gasteiger partial charge is 0.399 e. The maximum atomic E-state index is 13.8. The van der Waals surface area contributed by atoms with Crippen molar-refractivity contribution in [3.63, 3.8) is 0 Å². The normalized spacial score (nSPS) is 18.9. The van der Waals surface area contributed by atoms with Crippen LogP contribution in [0, 0.1) is 13.8 Å². The number of halogens is 1. The fourth-order valence-electron chi connectivity index (χ4n) is 2.80. The summed E-state index contributed by atoms with van der Waals surface area (Å²) in [5.41, 5.74) is 9.00. The molecule has 1 heterocycles. The summed E-state index contributed by atoms with van der Waals surface area (Å²) in [5, 5.41) is 3.46. The molecule has 0 radical (unpaired) electrons. The lowest BCUT2D eigenvalue weighted by Gasteiger charge is -2.32. The monoisotopic (exact) mass is 369 g/mol. The summed E-state index contributed by atoms with van der Waals surface area (Å²) >= 11 is 0. The number of azide groups is 1. The first kappa shape index (κ1) is 19.7. The summed E-state index contributed by atoms with van der Waals surface area (Å²) in [6, 6.07) is 1.20. The molecule has 0 spiro atoms. The van der Waals surface area contributed by atoms with Gasteiger partial charge in [0.15, 0.2) is 0 Å². The molecule has 25 heavy (non-hydrogen) atoms. The van der Waals surface area contributed by atoms with Gasteiger partial charge >= 0.3 is 17.3 Å². The van der Waals surface area contributed by atoms with E-state index < -0.39 is 33.4 Å². The largest absolute Gasteiger partial charge is 0.495 e. The van der Waals surface area contributed by atoms with E-state index in [1.807, 2.05) is 27.7 Å². The molecule has 0 aromatic heterocycles. The predicted molar refractivity (Wildman–Crippen MR) is 92.8 cm³/mol. The summed E-state index contributed by atoms with van der Waals surface area (Å²) in [6.45, 7) is 10.6. The van der Waals surface area contributed by atoms with E-state index in [4.69, 9.17) is 14.8 Å². The van der Waals surface area contributed by atoms with Gasteiger partial charge < -0.3 is 9.31 Å². The van der Waals surface area contributed by atoms with Crippen LogP contribution in [0.15, 0.2) is 16.1 Å². The van der Waals surface area contributed by atoms with Crippen molar-refractivity contribution >= 4 is 22.8 Å². The third-order valence-corrected chi connectivity index (χ3v) is 5.97. The van der Waals surface area contributed by atoms with Crippen LogP contribution >= 0.6 is 0 Å². The lowest BCUT2D eigenvalue weighted by molar-refractivity contribution is 0.00578. The van der Waals surface area contributed by atoms with Gasteiger partial charge in [0.1, 0.15) is 4.90 Å². The molecule has 10 heteroatoms. The van der Waals surface area contributed by atoms with Crippen LogP contribution in [0.5, 0.6) is 0 Å². The molecule has 0 saturated carbocycles. The van der Waals surface area contributed by atoms with Crippen LogP contribution in [0.3, 0.4) is 0 Å². The Labute approximate surface area is 147 Å². The topological polar surface area (TPSA) is 101 Å². The SMILES string of the molecule is Cc1c(CN=[N+]=[N-])cc(S(=O)(=O)F)c(C)c1B1OC(C)(C)C(C)(C)O1. The fourth-order valence-corrected chi connectivity index (χ4v) is 3.56. The highest BCUT2D eigenvalue weighted by molar-refractivity contribution is 7.86. The van der Waals surface area contributed by atoms with Gasteiger partial charge in [-0.2, -0.15) is 8.42 Å². The van der Waals surface area contributed by atoms with E-state index in [1.165, 1.54) is 13.0 Å². The summed E-state index contributed by atoms with van der Waals surface area (Å²) in [5.74, 6) is 0. The Kier molecular flexibility index (Phi) is 4.95. The molecule has 1 aromatic rings. The van der Waals surface area contributed by atoms with Crippen molar-refractivity contribution in [1.29, 1.82) is 0 Å². The molecular weight excluding hydrogens is 348 g/mol. The Morgan fingerprint density at radius 1 is 1.20 bits per heavy atom. The summed E-state index contributed by atoms with van der Waals surface area (Å²) < 4.78 is 48.9. The van der Waals surface area contributed by atoms with Crippen LogP contribution in [0.2, 0.25) is 0 Å². The maximum Gasteiger partial charge on any atom is 0.495 e. The number of benzene rings is 1. The van der Waals surface area contributed by atoms with E-state index >= 15 is 0 Å². The van der Waals surface area contributed by atoms with Crippen molar-refractivity contribution < 1.29 is 21.6 Å². The maximum absolute atomic E-state index is 13.8. The highest BCUT2D eigenvalue weighted by Gasteiger charge is 2.52. The Morgan fingerprint density at radius 2 is 1.72 bits per heavy atom. The van der Waals surface area contributed by atoms with Crippen LogP contribution in [-0.4, -0.2) is 26.7 Å². The van der Waals surface area contributed by atoms with Crippen LogP contribution < -0.4 is 5.46 Å². The Morgan fingerprint density at radius 3 is 2.16 bits per heavy atom. The minimum absolute atomic E-state index is 0.0996. The second-order valence-corrected chi connectivity index (χ2v) is 8.43. The first-order valence-corrected chi connectivity index (χ1v) is 9.14. The van der Waals surface area contributed by atoms with Gasteiger partial charge in [0.25, 0.3) is 0 Å². The average molecular weight is 369 g/mol. The zero-order valence-electron chi connectivity index (χ0n) is 15.1. The van der Waals surface area contributed by atoms with E-state index in [0.717, 1.165) is 0 Å². The van der Waals surface area contributed by atoms with Crippen molar-refractivity contribution in [2.75, 3.05) is 0 Å². The second kappa shape index (κ2) is 6.28. The lowest BCUT2D eigenvalue weighted by atomic mass is 9.72. The zero-order chi connectivity index (χ0) is 19.2. The molecule has 1 aromatic carbocycles. The van der Waals surface area contributed by atoms with E-state index in [0.29, 0.717) is 16.6 Å². The van der Waals surface area contributed by atoms with Gasteiger partial charge in [-0.25, -0.2) is 0 Å². The predicted octanol–water partition coefficient (Wildman–Crippen LogP) is 3.07. The molecule has 0 unspecified atom stereocenters. The quantitative estimate of drug-likeness (QED) is 0.268.